The summed E-state index contributed by atoms with van der Waals surface area (Å²) in [6.45, 7) is 13.1. The Morgan fingerprint density at radius 2 is 1.91 bits per heavy atom. The van der Waals surface area contributed by atoms with Gasteiger partial charge in [0.15, 0.2) is 0 Å². The van der Waals surface area contributed by atoms with Crippen molar-refractivity contribution in [2.75, 3.05) is 20.2 Å². The van der Waals surface area contributed by atoms with Gasteiger partial charge < -0.3 is 19.5 Å². The van der Waals surface area contributed by atoms with Crippen LogP contribution in [-0.2, 0) is 14.3 Å². The van der Waals surface area contributed by atoms with Crippen LogP contribution < -0.4 is 0 Å². The van der Waals surface area contributed by atoms with Gasteiger partial charge in [0.05, 0.1) is 6.10 Å². The molecule has 0 aromatic carbocycles. The molecule has 0 radical (unpaired) electrons. The molecule has 7 heteroatoms. The van der Waals surface area contributed by atoms with Crippen LogP contribution in [0.3, 0.4) is 0 Å². The summed E-state index contributed by atoms with van der Waals surface area (Å²) in [5, 5.41) is 8.82. The first-order valence-electron chi connectivity index (χ1n) is 7.51. The topological polar surface area (TPSA) is 88.4 Å². The third-order valence-corrected chi connectivity index (χ3v) is 2.82. The van der Waals surface area contributed by atoms with Gasteiger partial charge in [-0.2, -0.15) is 0 Å². The van der Waals surface area contributed by atoms with Gasteiger partial charge >= 0.3 is 12.1 Å². The lowest BCUT2D eigenvalue weighted by molar-refractivity contribution is -0.132. The fourth-order valence-electron chi connectivity index (χ4n) is 1.69. The molecule has 0 aliphatic rings. The van der Waals surface area contributed by atoms with E-state index in [9.17, 15) is 9.59 Å². The van der Waals surface area contributed by atoms with Crippen molar-refractivity contribution in [3.63, 3.8) is 0 Å². The molecule has 0 saturated heterocycles. The normalized spacial score (nSPS) is 13.4. The second-order valence-electron chi connectivity index (χ2n) is 6.14. The molecule has 7 nitrogen and oxygen atoms in total. The van der Waals surface area contributed by atoms with Gasteiger partial charge in [-0.15, -0.1) is 0 Å². The highest BCUT2D eigenvalue weighted by Gasteiger charge is 2.21. The molecule has 0 rings (SSSR count). The van der Waals surface area contributed by atoms with Crippen LogP contribution in [0, 0.1) is 0 Å². The zero-order valence-electron chi connectivity index (χ0n) is 14.9. The van der Waals surface area contributed by atoms with Gasteiger partial charge in [0.25, 0.3) is 0 Å². The average Bonchev–Trinajstić information content (AvgIpc) is 2.40. The highest BCUT2D eigenvalue weighted by molar-refractivity contribution is 5.93. The van der Waals surface area contributed by atoms with Crippen LogP contribution >= 0.6 is 0 Å². The number of hydrogen-bond donors (Lipinski definition) is 1. The van der Waals surface area contributed by atoms with Crippen LogP contribution in [0.1, 0.15) is 41.0 Å². The summed E-state index contributed by atoms with van der Waals surface area (Å²) in [5.74, 6) is -1.18. The Labute approximate surface area is 138 Å². The van der Waals surface area contributed by atoms with E-state index in [1.54, 1.807) is 34.7 Å². The minimum absolute atomic E-state index is 0.243. The quantitative estimate of drug-likeness (QED) is 0.546. The molecule has 0 heterocycles. The SMILES string of the molecule is C=C(N=C(C)C(CCN(C)C(=O)OC(C)(C)C)OCC)C(=O)O. The number of carboxylic acid groups (broad SMARTS) is 1. The summed E-state index contributed by atoms with van der Waals surface area (Å²) in [4.78, 5) is 28.1. The summed E-state index contributed by atoms with van der Waals surface area (Å²) in [6.07, 6.45) is -0.329. The molecule has 0 spiro atoms. The minimum Gasteiger partial charge on any atom is -0.477 e. The van der Waals surface area contributed by atoms with Crippen molar-refractivity contribution in [2.45, 2.75) is 52.7 Å². The van der Waals surface area contributed by atoms with Gasteiger partial charge in [-0.05, 0) is 41.0 Å². The van der Waals surface area contributed by atoms with E-state index in [2.05, 4.69) is 11.6 Å². The van der Waals surface area contributed by atoms with Gasteiger partial charge in [0.2, 0.25) is 0 Å². The summed E-state index contributed by atoms with van der Waals surface area (Å²) in [5.41, 5.74) is -0.286. The monoisotopic (exact) mass is 328 g/mol. The summed E-state index contributed by atoms with van der Waals surface area (Å²) >= 11 is 0. The van der Waals surface area contributed by atoms with Crippen molar-refractivity contribution in [3.05, 3.63) is 12.3 Å². The van der Waals surface area contributed by atoms with Crippen molar-refractivity contribution in [1.82, 2.24) is 4.90 Å². The Hall–Kier alpha value is -1.89. The van der Waals surface area contributed by atoms with Crippen molar-refractivity contribution in [2.24, 2.45) is 4.99 Å². The molecular formula is C16H28N2O5. The van der Waals surface area contributed by atoms with Crippen LogP contribution in [-0.4, -0.2) is 59.7 Å². The first-order chi connectivity index (χ1) is 10.5. The number of amides is 1. The molecular weight excluding hydrogens is 300 g/mol. The number of carboxylic acids is 1. The molecule has 1 atom stereocenters. The number of aliphatic carboxylic acids is 1. The molecule has 0 aliphatic heterocycles. The van der Waals surface area contributed by atoms with Crippen molar-refractivity contribution >= 4 is 17.8 Å². The second-order valence-corrected chi connectivity index (χ2v) is 6.14. The smallest absolute Gasteiger partial charge is 0.410 e. The predicted molar refractivity (Wildman–Crippen MR) is 88.8 cm³/mol. The fourth-order valence-corrected chi connectivity index (χ4v) is 1.69. The lowest BCUT2D eigenvalue weighted by atomic mass is 10.1. The number of hydrogen-bond acceptors (Lipinski definition) is 5. The molecule has 1 unspecified atom stereocenters. The molecule has 132 valence electrons. The predicted octanol–water partition coefficient (Wildman–Crippen LogP) is 2.71. The highest BCUT2D eigenvalue weighted by atomic mass is 16.6. The number of carbonyl (C=O) groups is 2. The van der Waals surface area contributed by atoms with Crippen LogP contribution in [0.5, 0.6) is 0 Å². The lowest BCUT2D eigenvalue weighted by Crippen LogP contribution is -2.37. The van der Waals surface area contributed by atoms with E-state index in [1.165, 1.54) is 4.90 Å². The Balaban J connectivity index is 4.74. The summed E-state index contributed by atoms with van der Waals surface area (Å²) in [6, 6.07) is 0. The molecule has 23 heavy (non-hydrogen) atoms. The van der Waals surface area contributed by atoms with Gasteiger partial charge in [0, 0.05) is 25.9 Å². The molecule has 0 aromatic rings. The van der Waals surface area contributed by atoms with Crippen molar-refractivity contribution < 1.29 is 24.2 Å². The molecule has 0 saturated carbocycles. The first-order valence-corrected chi connectivity index (χ1v) is 7.51. The van der Waals surface area contributed by atoms with E-state index in [0.29, 0.717) is 25.3 Å². The van der Waals surface area contributed by atoms with E-state index >= 15 is 0 Å². The molecule has 1 amide bonds. The molecule has 0 fully saturated rings. The van der Waals surface area contributed by atoms with E-state index in [0.717, 1.165) is 0 Å². The second kappa shape index (κ2) is 9.29. The number of aliphatic imine (C=N–C) groups is 1. The molecule has 0 bridgehead atoms. The largest absolute Gasteiger partial charge is 0.477 e. The van der Waals surface area contributed by atoms with E-state index < -0.39 is 17.7 Å². The van der Waals surface area contributed by atoms with E-state index in [-0.39, 0.29) is 11.8 Å². The maximum atomic E-state index is 11.9. The standard InChI is InChI=1S/C16H28N2O5/c1-8-22-13(11(2)17-12(3)14(19)20)9-10-18(7)15(21)23-16(4,5)6/h13H,3,8-10H2,1-2,4-7H3,(H,19,20). The zero-order chi connectivity index (χ0) is 18.2. The third-order valence-electron chi connectivity index (χ3n) is 2.82. The third kappa shape index (κ3) is 8.97. The molecule has 1 N–H and O–H groups in total. The van der Waals surface area contributed by atoms with E-state index in [1.807, 2.05) is 6.92 Å². The Bertz CT molecular complexity index is 466. The zero-order valence-corrected chi connectivity index (χ0v) is 14.9. The van der Waals surface area contributed by atoms with Crippen LogP contribution in [0.2, 0.25) is 0 Å². The van der Waals surface area contributed by atoms with Gasteiger partial charge in [-0.3, -0.25) is 0 Å². The summed E-state index contributed by atoms with van der Waals surface area (Å²) in [7, 11) is 1.64. The lowest BCUT2D eigenvalue weighted by Gasteiger charge is -2.26. The van der Waals surface area contributed by atoms with Crippen LogP contribution in [0.25, 0.3) is 0 Å². The van der Waals surface area contributed by atoms with Gasteiger partial charge in [-0.1, -0.05) is 6.58 Å². The number of rotatable bonds is 8. The average molecular weight is 328 g/mol. The van der Waals surface area contributed by atoms with Crippen LogP contribution in [0.15, 0.2) is 17.3 Å². The maximum absolute atomic E-state index is 11.9. The minimum atomic E-state index is -1.18. The Morgan fingerprint density at radius 3 is 2.35 bits per heavy atom. The molecule has 0 aromatic heterocycles. The number of nitrogens with zero attached hydrogens (tertiary/aromatic N) is 2. The molecule has 0 aliphatic carbocycles. The number of carbonyl (C=O) groups excluding carboxylic acids is 1. The van der Waals surface area contributed by atoms with Crippen molar-refractivity contribution in [3.8, 4) is 0 Å². The van der Waals surface area contributed by atoms with Crippen LogP contribution in [0.4, 0.5) is 4.79 Å². The summed E-state index contributed by atoms with van der Waals surface area (Å²) < 4.78 is 10.8. The highest BCUT2D eigenvalue weighted by Crippen LogP contribution is 2.11. The first kappa shape index (κ1) is 21.1. The maximum Gasteiger partial charge on any atom is 0.410 e. The Morgan fingerprint density at radius 1 is 1.35 bits per heavy atom. The number of ether oxygens (including phenoxy) is 2. The Kier molecular flexibility index (Phi) is 8.53. The van der Waals surface area contributed by atoms with Gasteiger partial charge in [0.1, 0.15) is 11.3 Å². The van der Waals surface area contributed by atoms with Crippen molar-refractivity contribution in [1.29, 1.82) is 0 Å². The fraction of sp³-hybridized carbons (Fsp3) is 0.688. The van der Waals surface area contributed by atoms with E-state index in [4.69, 9.17) is 14.6 Å². The van der Waals surface area contributed by atoms with Gasteiger partial charge in [-0.25, -0.2) is 14.6 Å².